The number of halogens is 2. The van der Waals surface area contributed by atoms with Gasteiger partial charge in [0.2, 0.25) is 0 Å². The number of aromatic nitrogens is 6. The molecular weight excluding hydrogens is 450 g/mol. The molecule has 2 aliphatic carbocycles. The van der Waals surface area contributed by atoms with Gasteiger partial charge in [-0.15, -0.1) is 0 Å². The van der Waals surface area contributed by atoms with Gasteiger partial charge in [0.05, 0.1) is 35.4 Å². The molecule has 3 fully saturated rings. The molecule has 188 valence electrons. The first-order valence-electron chi connectivity index (χ1n) is 12.8. The van der Waals surface area contributed by atoms with Gasteiger partial charge in [-0.05, 0) is 58.8 Å². The van der Waals surface area contributed by atoms with Crippen LogP contribution < -0.4 is 0 Å². The third-order valence-corrected chi connectivity index (χ3v) is 7.55. The van der Waals surface area contributed by atoms with E-state index in [1.165, 1.54) is 37.6 Å². The number of alkyl halides is 2. The molecule has 6 rings (SSSR count). The molecule has 35 heavy (non-hydrogen) atoms. The minimum absolute atomic E-state index is 0.270. The van der Waals surface area contributed by atoms with Gasteiger partial charge in [0, 0.05) is 30.2 Å². The average Bonchev–Trinajstić information content (AvgIpc) is 3.60. The molecule has 0 amide bonds. The minimum atomic E-state index is -1.15. The third-order valence-electron chi connectivity index (χ3n) is 7.55. The molecule has 3 atom stereocenters. The molecule has 0 aromatic carbocycles. The van der Waals surface area contributed by atoms with E-state index >= 15 is 0 Å². The maximum absolute atomic E-state index is 14.0. The Morgan fingerprint density at radius 2 is 1.71 bits per heavy atom. The fraction of sp³-hybridized carbons (Fsp3) is 0.654. The fourth-order valence-electron chi connectivity index (χ4n) is 4.94. The van der Waals surface area contributed by atoms with Gasteiger partial charge in [-0.1, -0.05) is 6.92 Å². The van der Waals surface area contributed by atoms with Crippen molar-refractivity contribution in [3.8, 4) is 0 Å². The summed E-state index contributed by atoms with van der Waals surface area (Å²) in [5, 5.41) is 4.39. The molecule has 9 heteroatoms. The number of hydrogen-bond acceptors (Lipinski definition) is 6. The summed E-state index contributed by atoms with van der Waals surface area (Å²) in [6.45, 7) is 6.26. The van der Waals surface area contributed by atoms with E-state index in [4.69, 9.17) is 4.74 Å². The van der Waals surface area contributed by atoms with Gasteiger partial charge in [0.15, 0.2) is 5.65 Å². The summed E-state index contributed by atoms with van der Waals surface area (Å²) in [5.41, 5.74) is 4.55. The van der Waals surface area contributed by atoms with Crippen LogP contribution in [0.15, 0.2) is 18.7 Å². The van der Waals surface area contributed by atoms with Gasteiger partial charge < -0.3 is 4.74 Å². The normalized spacial score (nSPS) is 29.0. The highest BCUT2D eigenvalue weighted by molar-refractivity contribution is 5.73. The van der Waals surface area contributed by atoms with E-state index in [9.17, 15) is 8.78 Å². The summed E-state index contributed by atoms with van der Waals surface area (Å²) in [4.78, 5) is 17.2. The highest BCUT2D eigenvalue weighted by Crippen LogP contribution is 2.40. The second-order valence-electron chi connectivity index (χ2n) is 10.2. The predicted molar refractivity (Wildman–Crippen MR) is 129 cm³/mol. The lowest BCUT2D eigenvalue weighted by molar-refractivity contribution is 0.0149. The SMILES string of the molecule is Cc1nc2ncnc(C3CC(F)C(C)C(F)C3)c2nc1C.c1nn(C2CC2)cc1C1CCCCO1. The maximum Gasteiger partial charge on any atom is 0.181 e. The van der Waals surface area contributed by atoms with Crippen molar-refractivity contribution >= 4 is 11.2 Å². The molecule has 0 bridgehead atoms. The first-order chi connectivity index (χ1) is 16.9. The second kappa shape index (κ2) is 10.2. The second-order valence-corrected chi connectivity index (χ2v) is 10.2. The Labute approximate surface area is 204 Å². The quantitative estimate of drug-likeness (QED) is 0.476. The first-order valence-corrected chi connectivity index (χ1v) is 12.8. The zero-order valence-electron chi connectivity index (χ0n) is 20.7. The predicted octanol–water partition coefficient (Wildman–Crippen LogP) is 5.69. The highest BCUT2D eigenvalue weighted by Gasteiger charge is 2.37. The number of nitrogens with zero attached hydrogens (tertiary/aromatic N) is 6. The molecule has 7 nitrogen and oxygen atoms in total. The Morgan fingerprint density at radius 1 is 0.971 bits per heavy atom. The molecular formula is C26H34F2N6O. The largest absolute Gasteiger partial charge is 0.373 e. The number of rotatable bonds is 3. The summed E-state index contributed by atoms with van der Waals surface area (Å²) in [7, 11) is 0. The fourth-order valence-corrected chi connectivity index (χ4v) is 4.94. The molecule has 1 saturated heterocycles. The number of hydrogen-bond donors (Lipinski definition) is 0. The van der Waals surface area contributed by atoms with Crippen LogP contribution in [0.3, 0.4) is 0 Å². The molecule has 0 radical (unpaired) electrons. The van der Waals surface area contributed by atoms with Crippen LogP contribution in [0.2, 0.25) is 0 Å². The zero-order chi connectivity index (χ0) is 24.5. The van der Waals surface area contributed by atoms with Crippen molar-refractivity contribution in [1.29, 1.82) is 0 Å². The number of ether oxygens (including phenoxy) is 1. The summed E-state index contributed by atoms with van der Waals surface area (Å²) in [6.07, 6.45) is 10.4. The van der Waals surface area contributed by atoms with Crippen molar-refractivity contribution in [1.82, 2.24) is 29.7 Å². The van der Waals surface area contributed by atoms with E-state index < -0.39 is 18.3 Å². The maximum atomic E-state index is 14.0. The minimum Gasteiger partial charge on any atom is -0.373 e. The molecule has 0 N–H and O–H groups in total. The van der Waals surface area contributed by atoms with Gasteiger partial charge in [0.25, 0.3) is 0 Å². The Bertz CT molecular complexity index is 1150. The molecule has 1 aliphatic heterocycles. The van der Waals surface area contributed by atoms with Crippen LogP contribution in [0, 0.1) is 19.8 Å². The van der Waals surface area contributed by atoms with Crippen LogP contribution in [0.4, 0.5) is 8.78 Å². The van der Waals surface area contributed by atoms with E-state index in [2.05, 4.69) is 35.9 Å². The van der Waals surface area contributed by atoms with Crippen LogP contribution in [-0.4, -0.2) is 48.7 Å². The van der Waals surface area contributed by atoms with Gasteiger partial charge >= 0.3 is 0 Å². The molecule has 0 spiro atoms. The lowest BCUT2D eigenvalue weighted by Crippen LogP contribution is -2.33. The zero-order valence-corrected chi connectivity index (χ0v) is 20.7. The van der Waals surface area contributed by atoms with Crippen LogP contribution in [-0.2, 0) is 4.74 Å². The standard InChI is InChI=1S/C15H18F2N4.C11H16N2O/c1-7-11(16)4-10(5-12(7)17)13-14-15(19-6-18-13)21-9(3)8(2)20-14;1-2-6-14-11(3-1)9-7-12-13(8-9)10-4-5-10/h6-7,10-12H,4-5H2,1-3H3;7-8,10-11H,1-6H2. The summed E-state index contributed by atoms with van der Waals surface area (Å²) in [6, 6.07) is 0.687. The van der Waals surface area contributed by atoms with E-state index in [1.54, 1.807) is 6.92 Å². The third kappa shape index (κ3) is 5.34. The summed E-state index contributed by atoms with van der Waals surface area (Å²) < 4.78 is 35.8. The Kier molecular flexibility index (Phi) is 7.05. The average molecular weight is 485 g/mol. The van der Waals surface area contributed by atoms with Crippen LogP contribution >= 0.6 is 0 Å². The topological polar surface area (TPSA) is 78.6 Å². The Balaban J connectivity index is 0.000000156. The smallest absolute Gasteiger partial charge is 0.181 e. The molecule has 3 aromatic rings. The summed E-state index contributed by atoms with van der Waals surface area (Å²) >= 11 is 0. The van der Waals surface area contributed by atoms with E-state index in [-0.39, 0.29) is 18.8 Å². The van der Waals surface area contributed by atoms with Crippen molar-refractivity contribution in [3.05, 3.63) is 41.4 Å². The Morgan fingerprint density at radius 3 is 2.40 bits per heavy atom. The van der Waals surface area contributed by atoms with Crippen molar-refractivity contribution in [2.75, 3.05) is 6.61 Å². The Hall–Kier alpha value is -2.55. The van der Waals surface area contributed by atoms with Crippen molar-refractivity contribution < 1.29 is 13.5 Å². The van der Waals surface area contributed by atoms with Gasteiger partial charge in [-0.3, -0.25) is 4.68 Å². The van der Waals surface area contributed by atoms with Gasteiger partial charge in [0.1, 0.15) is 24.2 Å². The molecule has 3 aliphatic rings. The van der Waals surface area contributed by atoms with E-state index in [0.717, 1.165) is 24.4 Å². The van der Waals surface area contributed by atoms with Crippen molar-refractivity contribution in [2.45, 2.75) is 96.1 Å². The van der Waals surface area contributed by atoms with E-state index in [1.807, 2.05) is 20.0 Å². The van der Waals surface area contributed by atoms with Gasteiger partial charge in [-0.2, -0.15) is 5.10 Å². The molecule has 4 heterocycles. The van der Waals surface area contributed by atoms with Crippen LogP contribution in [0.5, 0.6) is 0 Å². The highest BCUT2D eigenvalue weighted by atomic mass is 19.1. The van der Waals surface area contributed by atoms with Gasteiger partial charge in [-0.25, -0.2) is 28.7 Å². The van der Waals surface area contributed by atoms with Crippen molar-refractivity contribution in [3.63, 3.8) is 0 Å². The number of aryl methyl sites for hydroxylation is 2. The summed E-state index contributed by atoms with van der Waals surface area (Å²) in [5.74, 6) is -0.822. The molecule has 3 unspecified atom stereocenters. The van der Waals surface area contributed by atoms with Crippen LogP contribution in [0.25, 0.3) is 11.2 Å². The lowest BCUT2D eigenvalue weighted by Gasteiger charge is -2.32. The monoisotopic (exact) mass is 484 g/mol. The van der Waals surface area contributed by atoms with E-state index in [0.29, 0.717) is 29.0 Å². The number of fused-ring (bicyclic) bond motifs is 1. The molecule has 3 aromatic heterocycles. The van der Waals surface area contributed by atoms with Crippen LogP contribution in [0.1, 0.15) is 92.6 Å². The molecule has 2 saturated carbocycles. The van der Waals surface area contributed by atoms with Crippen molar-refractivity contribution in [2.24, 2.45) is 5.92 Å². The first kappa shape index (κ1) is 24.2. The lowest BCUT2D eigenvalue weighted by atomic mass is 9.78.